The number of alkyl halides is 6. The Morgan fingerprint density at radius 3 is 0.752 bits per heavy atom. The lowest BCUT2D eigenvalue weighted by Gasteiger charge is -2.30. The molecule has 12 aromatic carbocycles. The van der Waals surface area contributed by atoms with Crippen molar-refractivity contribution in [3.63, 3.8) is 0 Å². The third kappa shape index (κ3) is 20.0. The Morgan fingerprint density at radius 1 is 0.274 bits per heavy atom. The molecule has 0 amide bonds. The largest absolute Gasteiger partial charge is 0.417 e. The minimum Gasteiger partial charge on any atom is -0.399 e. The van der Waals surface area contributed by atoms with Crippen LogP contribution in [0.5, 0.6) is 0 Å². The van der Waals surface area contributed by atoms with Crippen LogP contribution in [0.2, 0.25) is 70.3 Å². The summed E-state index contributed by atoms with van der Waals surface area (Å²) in [6, 6.07) is 41.9. The lowest BCUT2D eigenvalue weighted by molar-refractivity contribution is -0.137. The molecule has 0 spiro atoms. The van der Waals surface area contributed by atoms with Gasteiger partial charge in [-0.25, -0.2) is 8.78 Å². The summed E-state index contributed by atoms with van der Waals surface area (Å²) in [7, 11) is 0. The second-order valence-corrected chi connectivity index (χ2v) is 34.6. The van der Waals surface area contributed by atoms with Crippen molar-refractivity contribution in [2.24, 2.45) is 0 Å². The first-order chi connectivity index (χ1) is 55.4. The molecule has 0 radical (unpaired) electrons. The van der Waals surface area contributed by atoms with Gasteiger partial charge in [-0.2, -0.15) is 26.3 Å². The van der Waals surface area contributed by atoms with E-state index in [1.54, 1.807) is 60.7 Å². The van der Waals surface area contributed by atoms with Gasteiger partial charge in [0.2, 0.25) is 0 Å². The molecule has 117 heavy (non-hydrogen) atoms. The zero-order valence-corrected chi connectivity index (χ0v) is 72.6. The average Bonchev–Trinajstić information content (AvgIpc) is 0.782. The van der Waals surface area contributed by atoms with Crippen LogP contribution < -0.4 is 44.2 Å². The molecule has 12 N–H and O–H groups in total. The predicted octanol–water partition coefficient (Wildman–Crippen LogP) is 30.1. The molecule has 0 unspecified atom stereocenters. The summed E-state index contributed by atoms with van der Waals surface area (Å²) in [5, 5.41) is 3.32. The fourth-order valence-corrected chi connectivity index (χ4v) is 20.1. The summed E-state index contributed by atoms with van der Waals surface area (Å²) in [5.41, 5.74) is 39.2. The Kier molecular flexibility index (Phi) is 29.1. The summed E-state index contributed by atoms with van der Waals surface area (Å²) in [6.07, 6.45) is -9.52. The monoisotopic (exact) mass is 1920 g/mol. The zero-order chi connectivity index (χ0) is 84.5. The third-order valence-corrected chi connectivity index (χ3v) is 27.1. The van der Waals surface area contributed by atoms with Crippen LogP contribution in [0.25, 0.3) is 66.8 Å². The standard InChI is InChI=1S/C32H28Cl6N4O2S.C26H14Cl4F6N2S.C24H14Cl4F2N2S/c33-19-1-3-27(31(37)29(19)17-13-25(23(39)15-21(17)35)41-5-9-43-10-6-41)45-28-4-2-20(34)30(32(28)38)18-14-26(24(40)16-22(18)36)42-7-11-44-12-8-42;27-17-5-7-19(23(29)21(17)13-3-1-11(37)9-15(13)25(31,32)33)39-20-8-6-18(28)22(24(20)30)14-4-2-12(38)10-16(14)26(34,35)36;25-15-5-7-19(23(27)21(15)13-3-1-11(31)9-17(13)29)33-20-8-6-16(26)22(24(20)28)14-4-2-12(32)10-18(14)30/h1-4,13-16H,5-12,39-40H2;1-10H,37-38H2;1-10H,31-32H2. The third-order valence-electron chi connectivity index (χ3n) is 18.2. The molecule has 2 fully saturated rings. The van der Waals surface area contributed by atoms with Gasteiger partial charge in [0, 0.05) is 144 Å². The molecular formula is C82H56Cl14F8N8O2S3. The van der Waals surface area contributed by atoms with Gasteiger partial charge in [0.05, 0.1) is 121 Å². The minimum atomic E-state index is -4.76. The van der Waals surface area contributed by atoms with Gasteiger partial charge in [0.15, 0.2) is 0 Å². The minimum absolute atomic E-state index is 0.0563. The van der Waals surface area contributed by atoms with E-state index in [9.17, 15) is 35.1 Å². The van der Waals surface area contributed by atoms with Crippen molar-refractivity contribution < 1.29 is 44.6 Å². The van der Waals surface area contributed by atoms with E-state index < -0.39 is 35.1 Å². The van der Waals surface area contributed by atoms with Gasteiger partial charge < -0.3 is 53.7 Å². The van der Waals surface area contributed by atoms with Gasteiger partial charge in [-0.15, -0.1) is 0 Å². The van der Waals surface area contributed by atoms with E-state index in [2.05, 4.69) is 9.80 Å². The molecule has 0 aliphatic carbocycles. The van der Waals surface area contributed by atoms with Crippen LogP contribution in [0, 0.1) is 11.6 Å². The highest BCUT2D eigenvalue weighted by molar-refractivity contribution is 8.00. The zero-order valence-electron chi connectivity index (χ0n) is 59.5. The number of nitrogens with zero attached hydrogens (tertiary/aromatic N) is 2. The van der Waals surface area contributed by atoms with Crippen molar-refractivity contribution in [3.8, 4) is 66.8 Å². The quantitative estimate of drug-likeness (QED) is 0.0448. The second-order valence-electron chi connectivity index (χ2n) is 25.8. The van der Waals surface area contributed by atoms with E-state index >= 15 is 0 Å². The fourth-order valence-electron chi connectivity index (χ4n) is 12.7. The van der Waals surface area contributed by atoms with Crippen molar-refractivity contribution in [2.75, 3.05) is 96.8 Å². The van der Waals surface area contributed by atoms with Crippen LogP contribution in [-0.4, -0.2) is 52.6 Å². The summed E-state index contributed by atoms with van der Waals surface area (Å²) in [6.45, 7) is 5.32. The molecule has 0 saturated carbocycles. The average molecular weight is 1930 g/mol. The molecule has 0 aromatic heterocycles. The van der Waals surface area contributed by atoms with Crippen LogP contribution in [0.4, 0.5) is 80.6 Å². The Morgan fingerprint density at radius 2 is 0.504 bits per heavy atom. The first kappa shape index (κ1) is 89.8. The highest BCUT2D eigenvalue weighted by Crippen LogP contribution is 2.56. The van der Waals surface area contributed by atoms with E-state index in [0.717, 1.165) is 57.2 Å². The van der Waals surface area contributed by atoms with Crippen molar-refractivity contribution >= 4 is 243 Å². The number of hydrogen-bond donors (Lipinski definition) is 6. The maximum atomic E-state index is 14.6. The normalized spacial score (nSPS) is 13.1. The van der Waals surface area contributed by atoms with Gasteiger partial charge in [-0.3, -0.25) is 0 Å². The smallest absolute Gasteiger partial charge is 0.399 e. The molecule has 0 atom stereocenters. The van der Waals surface area contributed by atoms with E-state index in [0.29, 0.717) is 137 Å². The Balaban J connectivity index is 0.000000164. The van der Waals surface area contributed by atoms with Gasteiger partial charge in [-0.1, -0.05) is 210 Å². The van der Waals surface area contributed by atoms with Crippen molar-refractivity contribution in [1.29, 1.82) is 0 Å². The summed E-state index contributed by atoms with van der Waals surface area (Å²) in [4.78, 5) is 7.41. The number of hydrogen-bond acceptors (Lipinski definition) is 13. The van der Waals surface area contributed by atoms with Crippen LogP contribution in [-0.2, 0) is 21.8 Å². The number of ether oxygens (including phenoxy) is 2. The maximum Gasteiger partial charge on any atom is 0.417 e. The molecule has 14 rings (SSSR count). The summed E-state index contributed by atoms with van der Waals surface area (Å²) in [5.74, 6) is -1.10. The first-order valence-corrected chi connectivity index (χ1v) is 41.9. The molecule has 608 valence electrons. The van der Waals surface area contributed by atoms with E-state index in [1.807, 2.05) is 24.3 Å². The molecule has 0 bridgehead atoms. The Bertz CT molecular complexity index is 5520. The summed E-state index contributed by atoms with van der Waals surface area (Å²) >= 11 is 96.4. The first-order valence-electron chi connectivity index (χ1n) is 34.2. The van der Waals surface area contributed by atoms with Gasteiger partial charge in [-0.05, 0) is 169 Å². The van der Waals surface area contributed by atoms with Crippen LogP contribution in [0.3, 0.4) is 0 Å². The van der Waals surface area contributed by atoms with Gasteiger partial charge >= 0.3 is 12.4 Å². The number of nitrogen functional groups attached to an aromatic ring is 6. The predicted molar refractivity (Wildman–Crippen MR) is 476 cm³/mol. The highest BCUT2D eigenvalue weighted by atomic mass is 35.5. The highest BCUT2D eigenvalue weighted by Gasteiger charge is 2.38. The van der Waals surface area contributed by atoms with Crippen molar-refractivity contribution in [1.82, 2.24) is 0 Å². The van der Waals surface area contributed by atoms with Crippen molar-refractivity contribution in [2.45, 2.75) is 41.7 Å². The molecule has 2 aliphatic heterocycles. The molecule has 2 saturated heterocycles. The molecule has 10 nitrogen and oxygen atoms in total. The van der Waals surface area contributed by atoms with Crippen molar-refractivity contribution in [3.05, 3.63) is 263 Å². The molecule has 2 aliphatic rings. The SMILES string of the molecule is Nc1cc(Cl)c(-c2c(Cl)ccc(Sc3ccc(Cl)c(-c4cc(N5CCOCC5)c(N)cc4Cl)c3Cl)c2Cl)cc1N1CCOCC1.Nc1ccc(-c2c(Cl)ccc(Sc3ccc(Cl)c(-c4ccc(N)cc4C(F)(F)F)c3Cl)c2Cl)c(C(F)(F)F)c1.Nc1ccc(-c2c(Cl)ccc(Sc3ccc(Cl)c(-c4ccc(N)cc4F)c3Cl)c2Cl)c(F)c1. The van der Waals surface area contributed by atoms with Crippen LogP contribution in [0.1, 0.15) is 11.1 Å². The summed E-state index contributed by atoms with van der Waals surface area (Å²) < 4.78 is 123. The van der Waals surface area contributed by atoms with Gasteiger partial charge in [0.25, 0.3) is 0 Å². The van der Waals surface area contributed by atoms with Gasteiger partial charge in [0.1, 0.15) is 11.6 Å². The number of anilines is 8. The molecular weight excluding hydrogens is 1870 g/mol. The number of halogens is 22. The Hall–Kier alpha value is -6.49. The topological polar surface area (TPSA) is 181 Å². The van der Waals surface area contributed by atoms with E-state index in [4.69, 9.17) is 206 Å². The molecule has 12 aromatic rings. The number of benzene rings is 12. The number of nitrogens with two attached hydrogens (primary N) is 6. The van der Waals surface area contributed by atoms with Crippen LogP contribution >= 0.6 is 198 Å². The lowest BCUT2D eigenvalue weighted by Crippen LogP contribution is -2.36. The number of morpholine rings is 2. The lowest BCUT2D eigenvalue weighted by atomic mass is 9.98. The molecule has 2 heterocycles. The molecule has 35 heteroatoms. The second kappa shape index (κ2) is 37.9. The number of rotatable bonds is 14. The maximum absolute atomic E-state index is 14.6. The Labute approximate surface area is 748 Å². The van der Waals surface area contributed by atoms with E-state index in [1.165, 1.54) is 84.2 Å². The van der Waals surface area contributed by atoms with E-state index in [-0.39, 0.29) is 106 Å². The fraction of sp³-hybridized carbons (Fsp3) is 0.122. The van der Waals surface area contributed by atoms with Crippen LogP contribution in [0.15, 0.2) is 199 Å².